The minimum absolute atomic E-state index is 0.0222. The van der Waals surface area contributed by atoms with Crippen LogP contribution < -0.4 is 59.3 Å². The van der Waals surface area contributed by atoms with E-state index in [9.17, 15) is 43.2 Å². The molecular weight excluding hydrogens is 939 g/mol. The second-order valence-corrected chi connectivity index (χ2v) is 18.6. The number of unbranched alkanes of at least 4 members (excludes halogenated alkanes) is 1. The largest absolute Gasteiger partial charge is 0.370 e. The van der Waals surface area contributed by atoms with Crippen molar-refractivity contribution in [3.8, 4) is 0 Å². The van der Waals surface area contributed by atoms with Crippen LogP contribution in [-0.4, -0.2) is 119 Å². The minimum Gasteiger partial charge on any atom is -0.370 e. The number of aromatic nitrogens is 1. The fourth-order valence-corrected chi connectivity index (χ4v) is 8.44. The fraction of sp³-hybridized carbons (Fsp3) is 0.529. The SMILES string of the molecule is CCCC[C@H](NC(C)=O)C(=O)N[C@H]1CCC(=O)NCCCC[C@@H](C(N)=O)NC(=O)[C@H](Cc2c[nH]c3ccccc23)NC(=O)[C@H](CCCNC(=N)N)NC(=O)[C@@H](Cc2ccccc2)NC(=O)[C@H]([C@@H](C)CC)NC1=O. The summed E-state index contributed by atoms with van der Waals surface area (Å²) in [7, 11) is 0. The number of fused-ring (bicyclic) bond motifs is 1. The lowest BCUT2D eigenvalue weighted by atomic mass is 9.96. The number of carbonyl (C=O) groups excluding carboxylic acids is 9. The van der Waals surface area contributed by atoms with E-state index in [4.69, 9.17) is 16.9 Å². The number of guanidine groups is 1. The number of benzene rings is 2. The van der Waals surface area contributed by atoms with Gasteiger partial charge in [-0.05, 0) is 68.1 Å². The van der Waals surface area contributed by atoms with Crippen LogP contribution in [0, 0.1) is 11.3 Å². The summed E-state index contributed by atoms with van der Waals surface area (Å²) in [5.74, 6) is -7.04. The van der Waals surface area contributed by atoms with Gasteiger partial charge < -0.3 is 64.3 Å². The number of nitrogens with one attached hydrogen (secondary N) is 11. The summed E-state index contributed by atoms with van der Waals surface area (Å²) in [4.78, 5) is 127. The molecule has 0 radical (unpaired) electrons. The maximum Gasteiger partial charge on any atom is 0.243 e. The number of aromatic amines is 1. The van der Waals surface area contributed by atoms with Gasteiger partial charge in [-0.3, -0.25) is 48.6 Å². The van der Waals surface area contributed by atoms with Crippen molar-refractivity contribution in [1.82, 2.24) is 52.8 Å². The second kappa shape index (κ2) is 29.7. The molecule has 0 spiro atoms. The van der Waals surface area contributed by atoms with Crippen LogP contribution >= 0.6 is 0 Å². The third kappa shape index (κ3) is 19.2. The Morgan fingerprint density at radius 1 is 0.767 bits per heavy atom. The molecule has 1 aliphatic heterocycles. The van der Waals surface area contributed by atoms with Crippen molar-refractivity contribution in [2.75, 3.05) is 13.1 Å². The van der Waals surface area contributed by atoms with Crippen LogP contribution in [0.25, 0.3) is 10.9 Å². The number of carbonyl (C=O) groups is 9. The van der Waals surface area contributed by atoms with Crippen LogP contribution in [0.15, 0.2) is 60.8 Å². The zero-order chi connectivity index (χ0) is 53.5. The van der Waals surface area contributed by atoms with Gasteiger partial charge in [0.2, 0.25) is 53.2 Å². The van der Waals surface area contributed by atoms with Crippen molar-refractivity contribution in [2.45, 2.75) is 153 Å². The molecule has 22 heteroatoms. The summed E-state index contributed by atoms with van der Waals surface area (Å²) in [5.41, 5.74) is 13.4. The minimum atomic E-state index is -1.35. The Kier molecular flexibility index (Phi) is 23.6. The van der Waals surface area contributed by atoms with E-state index >= 15 is 0 Å². The Labute approximate surface area is 426 Å². The van der Waals surface area contributed by atoms with Gasteiger partial charge in [0.25, 0.3) is 0 Å². The Morgan fingerprint density at radius 3 is 2.11 bits per heavy atom. The highest BCUT2D eigenvalue weighted by molar-refractivity contribution is 5.98. The quantitative estimate of drug-likeness (QED) is 0.0500. The van der Waals surface area contributed by atoms with E-state index in [2.05, 4.69) is 52.8 Å². The number of rotatable bonds is 17. The molecule has 1 fully saturated rings. The van der Waals surface area contributed by atoms with Crippen molar-refractivity contribution in [1.29, 1.82) is 5.41 Å². The van der Waals surface area contributed by atoms with Gasteiger partial charge in [0.15, 0.2) is 5.96 Å². The molecule has 22 nitrogen and oxygen atoms in total. The van der Waals surface area contributed by atoms with Crippen molar-refractivity contribution in [3.63, 3.8) is 0 Å². The molecular formula is C51H75N13O9. The Hall–Kier alpha value is -7.52. The average Bonchev–Trinajstić information content (AvgIpc) is 3.77. The number of hydrogen-bond acceptors (Lipinski definition) is 10. The van der Waals surface area contributed by atoms with Gasteiger partial charge in [0.05, 0.1) is 0 Å². The van der Waals surface area contributed by atoms with E-state index < -0.39 is 101 Å². The van der Waals surface area contributed by atoms with Crippen LogP contribution in [0.4, 0.5) is 0 Å². The van der Waals surface area contributed by atoms with E-state index in [-0.39, 0.29) is 70.4 Å². The highest BCUT2D eigenvalue weighted by atomic mass is 16.2. The van der Waals surface area contributed by atoms with E-state index in [1.54, 1.807) is 43.5 Å². The van der Waals surface area contributed by atoms with Crippen LogP contribution in [0.5, 0.6) is 0 Å². The number of amides is 9. The van der Waals surface area contributed by atoms with E-state index in [0.29, 0.717) is 36.8 Å². The molecule has 1 aromatic heterocycles. The third-order valence-electron chi connectivity index (χ3n) is 12.8. The molecule has 0 saturated carbocycles. The van der Waals surface area contributed by atoms with Crippen LogP contribution in [0.1, 0.15) is 109 Å². The molecule has 0 aliphatic carbocycles. The smallest absolute Gasteiger partial charge is 0.243 e. The number of para-hydroxylation sites is 1. The zero-order valence-electron chi connectivity index (χ0n) is 42.3. The third-order valence-corrected chi connectivity index (χ3v) is 12.8. The number of primary amides is 1. The summed E-state index contributed by atoms with van der Waals surface area (Å²) in [6.45, 7) is 7.03. The number of nitrogens with two attached hydrogens (primary N) is 2. The first kappa shape index (κ1) is 58.1. The van der Waals surface area contributed by atoms with Crippen LogP contribution in [-0.2, 0) is 56.0 Å². The molecule has 0 unspecified atom stereocenters. The molecule has 1 saturated heterocycles. The Balaban J connectivity index is 1.77. The highest BCUT2D eigenvalue weighted by Gasteiger charge is 2.36. The van der Waals surface area contributed by atoms with Gasteiger partial charge >= 0.3 is 0 Å². The van der Waals surface area contributed by atoms with Gasteiger partial charge in [-0.2, -0.15) is 0 Å². The van der Waals surface area contributed by atoms with Crippen molar-refractivity contribution < 1.29 is 43.2 Å². The van der Waals surface area contributed by atoms with Gasteiger partial charge in [-0.1, -0.05) is 88.6 Å². The molecule has 8 atom stereocenters. The van der Waals surface area contributed by atoms with Gasteiger partial charge in [0, 0.05) is 56.4 Å². The lowest BCUT2D eigenvalue weighted by molar-refractivity contribution is -0.136. The molecule has 1 aliphatic rings. The first-order chi connectivity index (χ1) is 34.9. The predicted molar refractivity (Wildman–Crippen MR) is 275 cm³/mol. The monoisotopic (exact) mass is 1010 g/mol. The Bertz CT molecular complexity index is 2380. The number of hydrogen-bond donors (Lipinski definition) is 13. The maximum atomic E-state index is 14.7. The summed E-state index contributed by atoms with van der Waals surface area (Å²) in [6, 6.07) is 7.44. The zero-order valence-corrected chi connectivity index (χ0v) is 42.3. The average molecular weight is 1010 g/mol. The van der Waals surface area contributed by atoms with E-state index in [1.807, 2.05) is 38.1 Å². The van der Waals surface area contributed by atoms with Gasteiger partial charge in [-0.15, -0.1) is 0 Å². The molecule has 2 aromatic carbocycles. The first-order valence-corrected chi connectivity index (χ1v) is 25.2. The molecule has 398 valence electrons. The van der Waals surface area contributed by atoms with Gasteiger partial charge in [0.1, 0.15) is 42.3 Å². The topological polar surface area (TPSA) is 354 Å². The van der Waals surface area contributed by atoms with Crippen LogP contribution in [0.3, 0.4) is 0 Å². The lowest BCUT2D eigenvalue weighted by Gasteiger charge is -2.30. The molecule has 0 bridgehead atoms. The van der Waals surface area contributed by atoms with Crippen molar-refractivity contribution in [3.05, 3.63) is 71.9 Å². The summed E-state index contributed by atoms with van der Waals surface area (Å²) >= 11 is 0. The molecule has 2 heterocycles. The second-order valence-electron chi connectivity index (χ2n) is 18.6. The molecule has 3 aromatic rings. The lowest BCUT2D eigenvalue weighted by Crippen LogP contribution is -2.61. The molecule has 15 N–H and O–H groups in total. The highest BCUT2D eigenvalue weighted by Crippen LogP contribution is 2.20. The number of H-pyrrole nitrogens is 1. The van der Waals surface area contributed by atoms with E-state index in [1.165, 1.54) is 6.92 Å². The van der Waals surface area contributed by atoms with Crippen LogP contribution in [0.2, 0.25) is 0 Å². The summed E-state index contributed by atoms with van der Waals surface area (Å²) in [6.07, 6.45) is 4.12. The van der Waals surface area contributed by atoms with Crippen molar-refractivity contribution >= 4 is 70.0 Å². The van der Waals surface area contributed by atoms with E-state index in [0.717, 1.165) is 17.3 Å². The molecule has 73 heavy (non-hydrogen) atoms. The fourth-order valence-electron chi connectivity index (χ4n) is 8.44. The molecule has 4 rings (SSSR count). The van der Waals surface area contributed by atoms with Crippen molar-refractivity contribution in [2.24, 2.45) is 17.4 Å². The Morgan fingerprint density at radius 2 is 1.42 bits per heavy atom. The summed E-state index contributed by atoms with van der Waals surface area (Å²) in [5, 5.41) is 33.1. The normalized spacial score (nSPS) is 22.1. The first-order valence-electron chi connectivity index (χ1n) is 25.2. The standard InChI is InChI=1S/C51H75N13O9/c1-5-7-19-37(58-31(4)65)45(68)61-39-23-24-42(66)55-25-14-13-21-36(44(52)67)59-49(72)41(28-33-29-57-35-20-12-11-18-34(33)35)62-46(69)38(22-15-26-56-51(53)54)60-48(71)40(27-32-16-9-8-10-17-32)63-50(73)43(30(3)6-2)64-47(39)70/h8-12,16-18,20,29-30,36-41,43,57H,5-7,13-15,19,21-28H2,1-4H3,(H2,52,67)(H,55,66)(H,58,65)(H,59,72)(H,60,71)(H,61,68)(H,62,69)(H,63,73)(H,64,70)(H4,53,54,56)/t30-,36-,37-,38-,39-,40+,41-,43-/m0/s1. The maximum absolute atomic E-state index is 14.7. The molecule has 9 amide bonds. The van der Waals surface area contributed by atoms with Gasteiger partial charge in [-0.25, -0.2) is 0 Å². The summed E-state index contributed by atoms with van der Waals surface area (Å²) < 4.78 is 0. The predicted octanol–water partition coefficient (Wildman–Crippen LogP) is 0.432.